The second-order valence-corrected chi connectivity index (χ2v) is 9.38. The van der Waals surface area contributed by atoms with E-state index in [0.29, 0.717) is 0 Å². The zero-order valence-electron chi connectivity index (χ0n) is 22.1. The van der Waals surface area contributed by atoms with Gasteiger partial charge in [-0.2, -0.15) is 0 Å². The molecule has 0 radical (unpaired) electrons. The predicted octanol–water partition coefficient (Wildman–Crippen LogP) is 5.64. The molecule has 0 aromatic heterocycles. The van der Waals surface area contributed by atoms with Gasteiger partial charge in [0.2, 0.25) is 0 Å². The number of carboxylic acid groups (broad SMARTS) is 2. The summed E-state index contributed by atoms with van der Waals surface area (Å²) in [6, 6.07) is 30.1. The summed E-state index contributed by atoms with van der Waals surface area (Å²) in [7, 11) is 0. The molecule has 0 atom stereocenters. The number of carbonyl (C=O) groups is 4. The maximum atomic E-state index is 12.8. The van der Waals surface area contributed by atoms with Gasteiger partial charge in [0, 0.05) is 6.42 Å². The third-order valence-corrected chi connectivity index (χ3v) is 6.73. The van der Waals surface area contributed by atoms with Crippen molar-refractivity contribution in [1.82, 2.24) is 0 Å². The van der Waals surface area contributed by atoms with Crippen LogP contribution in [0.1, 0.15) is 55.8 Å². The number of carbonyl (C=O) groups excluding carboxylic acids is 2. The summed E-state index contributed by atoms with van der Waals surface area (Å²) in [6.45, 7) is 0.165. The molecule has 0 heterocycles. The van der Waals surface area contributed by atoms with Gasteiger partial charge >= 0.3 is 23.9 Å². The van der Waals surface area contributed by atoms with Gasteiger partial charge in [-0.25, -0.2) is 9.59 Å². The first-order valence-electron chi connectivity index (χ1n) is 12.9. The van der Waals surface area contributed by atoms with Crippen molar-refractivity contribution in [2.24, 2.45) is 0 Å². The molecular formula is C33H28O8. The summed E-state index contributed by atoms with van der Waals surface area (Å²) in [4.78, 5) is 49.5. The lowest BCUT2D eigenvalue weighted by Gasteiger charge is -2.30. The normalized spacial score (nSPS) is 10.9. The van der Waals surface area contributed by atoms with Gasteiger partial charge in [-0.3, -0.25) is 9.59 Å². The Morgan fingerprint density at radius 2 is 0.951 bits per heavy atom. The van der Waals surface area contributed by atoms with E-state index in [0.717, 1.165) is 11.1 Å². The number of ether oxygens (including phenoxy) is 2. The van der Waals surface area contributed by atoms with Crippen LogP contribution in [-0.2, 0) is 37.7 Å². The molecule has 4 aromatic rings. The monoisotopic (exact) mass is 552 g/mol. The van der Waals surface area contributed by atoms with E-state index in [2.05, 4.69) is 0 Å². The first kappa shape index (κ1) is 28.8. The third-order valence-electron chi connectivity index (χ3n) is 6.73. The van der Waals surface area contributed by atoms with Crippen LogP contribution in [0.15, 0.2) is 109 Å². The fraction of sp³-hybridized carbons (Fsp3) is 0.152. The molecule has 41 heavy (non-hydrogen) atoms. The van der Waals surface area contributed by atoms with E-state index >= 15 is 0 Å². The minimum atomic E-state index is -1.75. The number of hydrogen-bond donors (Lipinski definition) is 2. The van der Waals surface area contributed by atoms with Gasteiger partial charge in [-0.05, 0) is 52.9 Å². The maximum absolute atomic E-state index is 12.8. The molecular weight excluding hydrogens is 524 g/mol. The van der Waals surface area contributed by atoms with Gasteiger partial charge in [0.05, 0.1) is 11.1 Å². The highest BCUT2D eigenvalue weighted by atomic mass is 16.5. The second kappa shape index (κ2) is 13.2. The number of aliphatic carboxylic acids is 2. The zero-order chi connectivity index (χ0) is 29.2. The number of benzene rings is 4. The molecule has 208 valence electrons. The second-order valence-electron chi connectivity index (χ2n) is 9.38. The van der Waals surface area contributed by atoms with Crippen LogP contribution in [0.25, 0.3) is 0 Å². The molecule has 2 N–H and O–H groups in total. The predicted molar refractivity (Wildman–Crippen MR) is 149 cm³/mol. The van der Waals surface area contributed by atoms with Crippen LogP contribution in [0.3, 0.4) is 0 Å². The van der Waals surface area contributed by atoms with Crippen LogP contribution in [-0.4, -0.2) is 34.1 Å². The van der Waals surface area contributed by atoms with E-state index in [1.807, 2.05) is 60.7 Å². The van der Waals surface area contributed by atoms with Crippen LogP contribution in [0.4, 0.5) is 0 Å². The third kappa shape index (κ3) is 7.05. The van der Waals surface area contributed by atoms with E-state index in [4.69, 9.17) is 9.47 Å². The number of carboxylic acids is 2. The number of esters is 2. The molecule has 0 unspecified atom stereocenters. The average molecular weight is 553 g/mol. The molecule has 0 aliphatic rings. The van der Waals surface area contributed by atoms with E-state index in [1.54, 1.807) is 0 Å². The van der Waals surface area contributed by atoms with E-state index in [1.165, 1.54) is 48.5 Å². The van der Waals surface area contributed by atoms with Crippen molar-refractivity contribution in [3.63, 3.8) is 0 Å². The van der Waals surface area contributed by atoms with Crippen LogP contribution < -0.4 is 0 Å². The SMILES string of the molecule is O=C(O)CCC(C(=O)O)(c1ccc(C(=O)OCc2ccccc2)cc1)c1ccc(C(=O)OCc2ccccc2)cc1. The van der Waals surface area contributed by atoms with Gasteiger partial charge in [0.15, 0.2) is 0 Å². The van der Waals surface area contributed by atoms with Gasteiger partial charge in [-0.15, -0.1) is 0 Å². The maximum Gasteiger partial charge on any atom is 0.338 e. The molecule has 0 amide bonds. The molecule has 4 rings (SSSR count). The van der Waals surface area contributed by atoms with Gasteiger partial charge < -0.3 is 19.7 Å². The number of hydrogen-bond acceptors (Lipinski definition) is 6. The summed E-state index contributed by atoms with van der Waals surface area (Å²) >= 11 is 0. The summed E-state index contributed by atoms with van der Waals surface area (Å²) < 4.78 is 10.7. The lowest BCUT2D eigenvalue weighted by Crippen LogP contribution is -2.38. The Balaban J connectivity index is 1.57. The van der Waals surface area contributed by atoms with Gasteiger partial charge in [-0.1, -0.05) is 84.9 Å². The lowest BCUT2D eigenvalue weighted by molar-refractivity contribution is -0.143. The summed E-state index contributed by atoms with van der Waals surface area (Å²) in [5.41, 5.74) is 0.900. The van der Waals surface area contributed by atoms with Crippen molar-refractivity contribution < 1.29 is 38.9 Å². The highest BCUT2D eigenvalue weighted by Crippen LogP contribution is 2.38. The van der Waals surface area contributed by atoms with Crippen molar-refractivity contribution in [3.05, 3.63) is 143 Å². The molecule has 8 nitrogen and oxygen atoms in total. The van der Waals surface area contributed by atoms with E-state index in [-0.39, 0.29) is 41.9 Å². The summed E-state index contributed by atoms with van der Waals surface area (Å²) in [6.07, 6.45) is -0.679. The average Bonchev–Trinajstić information content (AvgIpc) is 3.00. The van der Waals surface area contributed by atoms with Crippen molar-refractivity contribution in [3.8, 4) is 0 Å². The van der Waals surface area contributed by atoms with Crippen LogP contribution in [0, 0.1) is 0 Å². The molecule has 0 aliphatic heterocycles. The molecule has 0 fully saturated rings. The zero-order valence-corrected chi connectivity index (χ0v) is 22.1. The van der Waals surface area contributed by atoms with Crippen molar-refractivity contribution in [2.75, 3.05) is 0 Å². The Bertz CT molecular complexity index is 1400. The Morgan fingerprint density at radius 1 is 0.561 bits per heavy atom. The van der Waals surface area contributed by atoms with Crippen LogP contribution >= 0.6 is 0 Å². The van der Waals surface area contributed by atoms with Crippen LogP contribution in [0.2, 0.25) is 0 Å². The largest absolute Gasteiger partial charge is 0.481 e. The molecule has 0 aliphatic carbocycles. The summed E-state index contributed by atoms with van der Waals surface area (Å²) in [5, 5.41) is 19.8. The molecule has 0 bridgehead atoms. The fourth-order valence-electron chi connectivity index (χ4n) is 4.50. The van der Waals surface area contributed by atoms with Crippen molar-refractivity contribution in [1.29, 1.82) is 0 Å². The first-order chi connectivity index (χ1) is 19.8. The standard InChI is InChI=1S/C33H28O8/c34-29(35)19-20-33(32(38)39,27-15-11-25(12-16-27)30(36)40-21-23-7-3-1-4-8-23)28-17-13-26(14-18-28)31(37)41-22-24-9-5-2-6-10-24/h1-18H,19-22H2,(H,34,35)(H,38,39). The fourth-order valence-corrected chi connectivity index (χ4v) is 4.50. The van der Waals surface area contributed by atoms with Crippen molar-refractivity contribution >= 4 is 23.9 Å². The highest BCUT2D eigenvalue weighted by molar-refractivity contribution is 5.92. The number of rotatable bonds is 12. The Kier molecular flexibility index (Phi) is 9.27. The molecule has 4 aromatic carbocycles. The van der Waals surface area contributed by atoms with Gasteiger partial charge in [0.1, 0.15) is 18.6 Å². The Morgan fingerprint density at radius 3 is 1.29 bits per heavy atom. The Labute approximate surface area is 236 Å². The molecule has 0 saturated heterocycles. The van der Waals surface area contributed by atoms with Crippen LogP contribution in [0.5, 0.6) is 0 Å². The minimum Gasteiger partial charge on any atom is -0.481 e. The van der Waals surface area contributed by atoms with Gasteiger partial charge in [0.25, 0.3) is 0 Å². The molecule has 0 spiro atoms. The van der Waals surface area contributed by atoms with E-state index < -0.39 is 35.7 Å². The smallest absolute Gasteiger partial charge is 0.338 e. The topological polar surface area (TPSA) is 127 Å². The molecule has 8 heteroatoms. The molecule has 0 saturated carbocycles. The summed E-state index contributed by atoms with van der Waals surface area (Å²) in [5.74, 6) is -3.58. The minimum absolute atomic E-state index is 0.0826. The Hall–Kier alpha value is -5.24. The first-order valence-corrected chi connectivity index (χ1v) is 12.9. The lowest BCUT2D eigenvalue weighted by atomic mass is 9.71. The quantitative estimate of drug-likeness (QED) is 0.216. The highest BCUT2D eigenvalue weighted by Gasteiger charge is 2.42. The van der Waals surface area contributed by atoms with E-state index in [9.17, 15) is 29.4 Å². The van der Waals surface area contributed by atoms with Crippen molar-refractivity contribution in [2.45, 2.75) is 31.5 Å².